The lowest BCUT2D eigenvalue weighted by molar-refractivity contribution is -0.137. The molecule has 1 atom stereocenters. The Balaban J connectivity index is 2.36. The second kappa shape index (κ2) is 7.12. The molecule has 28 heavy (non-hydrogen) atoms. The van der Waals surface area contributed by atoms with Gasteiger partial charge >= 0.3 is 12.3 Å². The molecule has 0 saturated carbocycles. The molecule has 0 fully saturated rings. The van der Waals surface area contributed by atoms with Crippen LogP contribution < -0.4 is 10.9 Å². The van der Waals surface area contributed by atoms with Gasteiger partial charge in [0.05, 0.1) is 39.4 Å². The third-order valence-corrected chi connectivity index (χ3v) is 4.22. The van der Waals surface area contributed by atoms with Crippen molar-refractivity contribution >= 4 is 28.6 Å². The van der Waals surface area contributed by atoms with Crippen LogP contribution in [0.4, 0.5) is 18.0 Å². The molecule has 1 aromatic carbocycles. The van der Waals surface area contributed by atoms with E-state index < -0.39 is 29.4 Å². The Kier molecular flexibility index (Phi) is 4.99. The molecular weight excluding hydrogens is 401 g/mol. The van der Waals surface area contributed by atoms with Gasteiger partial charge in [-0.3, -0.25) is 14.3 Å². The number of alkyl halides is 3. The van der Waals surface area contributed by atoms with Gasteiger partial charge in [-0.25, -0.2) is 9.78 Å². The predicted molar refractivity (Wildman–Crippen MR) is 94.7 cm³/mol. The number of hydrogen-bond donors (Lipinski definition) is 2. The molecule has 0 spiro atoms. The first-order chi connectivity index (χ1) is 13.1. The van der Waals surface area contributed by atoms with Crippen molar-refractivity contribution in [2.75, 3.05) is 0 Å². The number of carboxylic acid groups (broad SMARTS) is 1. The van der Waals surface area contributed by atoms with Crippen LogP contribution in [0.25, 0.3) is 16.6 Å². The van der Waals surface area contributed by atoms with E-state index >= 15 is 0 Å². The molecule has 0 aliphatic heterocycles. The Hall–Kier alpha value is -3.14. The lowest BCUT2D eigenvalue weighted by Crippen LogP contribution is -2.32. The fourth-order valence-corrected chi connectivity index (χ4v) is 2.95. The summed E-state index contributed by atoms with van der Waals surface area (Å²) in [6, 6.07) is 4.21. The van der Waals surface area contributed by atoms with Crippen molar-refractivity contribution in [1.29, 1.82) is 0 Å². The lowest BCUT2D eigenvalue weighted by atomic mass is 10.2. The standard InChI is InChI=1S/C17H12ClF3N4O3/c1-8(23-16(27)28)14-24-12-4-2-3-11(18)13(12)15(26)25(14)10-5-9(6-22-7-10)17(19,20)21/h2-8,23H,1H3,(H,27,28)/t8-/m0/s1. The second-order valence-corrected chi connectivity index (χ2v) is 6.25. The molecule has 11 heteroatoms. The van der Waals surface area contributed by atoms with Crippen molar-refractivity contribution in [2.24, 2.45) is 0 Å². The van der Waals surface area contributed by atoms with E-state index in [0.717, 1.165) is 16.8 Å². The number of fused-ring (bicyclic) bond motifs is 1. The van der Waals surface area contributed by atoms with Crippen molar-refractivity contribution in [3.8, 4) is 5.69 Å². The molecule has 3 aromatic rings. The molecule has 0 saturated heterocycles. The molecule has 0 unspecified atom stereocenters. The fourth-order valence-electron chi connectivity index (χ4n) is 2.70. The number of benzene rings is 1. The van der Waals surface area contributed by atoms with E-state index in [1.807, 2.05) is 0 Å². The minimum atomic E-state index is -4.68. The van der Waals surface area contributed by atoms with Crippen molar-refractivity contribution in [1.82, 2.24) is 19.9 Å². The minimum absolute atomic E-state index is 0.00662. The highest BCUT2D eigenvalue weighted by atomic mass is 35.5. The van der Waals surface area contributed by atoms with Gasteiger partial charge in [-0.05, 0) is 25.1 Å². The normalized spacial score (nSPS) is 12.8. The zero-order valence-corrected chi connectivity index (χ0v) is 14.9. The van der Waals surface area contributed by atoms with Gasteiger partial charge in [0, 0.05) is 6.20 Å². The molecule has 2 aromatic heterocycles. The molecule has 0 radical (unpaired) electrons. The van der Waals surface area contributed by atoms with E-state index in [9.17, 15) is 22.8 Å². The van der Waals surface area contributed by atoms with Crippen LogP contribution in [0, 0.1) is 0 Å². The SMILES string of the molecule is C[C@H](NC(=O)O)c1nc2cccc(Cl)c2c(=O)n1-c1cncc(C(F)(F)F)c1. The highest BCUT2D eigenvalue weighted by Gasteiger charge is 2.32. The minimum Gasteiger partial charge on any atom is -0.465 e. The maximum Gasteiger partial charge on any atom is 0.417 e. The van der Waals surface area contributed by atoms with Crippen LogP contribution in [0.15, 0.2) is 41.5 Å². The highest BCUT2D eigenvalue weighted by molar-refractivity contribution is 6.35. The summed E-state index contributed by atoms with van der Waals surface area (Å²) in [6.45, 7) is 1.41. The summed E-state index contributed by atoms with van der Waals surface area (Å²) in [7, 11) is 0. The molecule has 3 rings (SSSR count). The molecule has 0 bridgehead atoms. The van der Waals surface area contributed by atoms with Gasteiger partial charge in [-0.15, -0.1) is 0 Å². The van der Waals surface area contributed by atoms with Crippen molar-refractivity contribution < 1.29 is 23.1 Å². The number of nitrogens with one attached hydrogen (secondary N) is 1. The number of hydrogen-bond acceptors (Lipinski definition) is 4. The van der Waals surface area contributed by atoms with Crippen LogP contribution in [0.3, 0.4) is 0 Å². The summed E-state index contributed by atoms with van der Waals surface area (Å²) in [6.07, 6.45) is -4.40. The monoisotopic (exact) mass is 412 g/mol. The van der Waals surface area contributed by atoms with Crippen LogP contribution in [0.2, 0.25) is 5.02 Å². The maximum atomic E-state index is 13.1. The third kappa shape index (κ3) is 3.63. The largest absolute Gasteiger partial charge is 0.465 e. The van der Waals surface area contributed by atoms with E-state index in [0.29, 0.717) is 6.20 Å². The Morgan fingerprint density at radius 3 is 2.68 bits per heavy atom. The van der Waals surface area contributed by atoms with E-state index in [1.54, 1.807) is 6.07 Å². The van der Waals surface area contributed by atoms with Gasteiger partial charge in [0.1, 0.15) is 5.82 Å². The van der Waals surface area contributed by atoms with Crippen molar-refractivity contribution in [2.45, 2.75) is 19.1 Å². The van der Waals surface area contributed by atoms with E-state index in [2.05, 4.69) is 15.3 Å². The first kappa shape index (κ1) is 19.6. The number of amides is 1. The Labute approximate surface area is 160 Å². The van der Waals surface area contributed by atoms with Crippen LogP contribution in [-0.4, -0.2) is 25.7 Å². The molecule has 2 heterocycles. The Morgan fingerprint density at radius 1 is 1.32 bits per heavy atom. The van der Waals surface area contributed by atoms with E-state index in [4.69, 9.17) is 16.7 Å². The number of halogens is 4. The summed E-state index contributed by atoms with van der Waals surface area (Å²) in [5.41, 5.74) is -1.85. The second-order valence-electron chi connectivity index (χ2n) is 5.85. The Bertz CT molecular complexity index is 1130. The summed E-state index contributed by atoms with van der Waals surface area (Å²) < 4.78 is 40.1. The number of carbonyl (C=O) groups is 1. The molecule has 2 N–H and O–H groups in total. The molecule has 7 nitrogen and oxygen atoms in total. The average molecular weight is 413 g/mol. The van der Waals surface area contributed by atoms with Crippen LogP contribution >= 0.6 is 11.6 Å². The van der Waals surface area contributed by atoms with Gasteiger partial charge in [-0.1, -0.05) is 17.7 Å². The quantitative estimate of drug-likeness (QED) is 0.682. The summed E-state index contributed by atoms with van der Waals surface area (Å²) >= 11 is 6.08. The number of rotatable bonds is 3. The van der Waals surface area contributed by atoms with Gasteiger partial charge in [0.15, 0.2) is 0 Å². The first-order valence-electron chi connectivity index (χ1n) is 7.83. The molecular formula is C17H12ClF3N4O3. The third-order valence-electron chi connectivity index (χ3n) is 3.91. The molecule has 0 aliphatic carbocycles. The first-order valence-corrected chi connectivity index (χ1v) is 8.20. The predicted octanol–water partition coefficient (Wildman–Crippen LogP) is 3.78. The molecule has 1 amide bonds. The smallest absolute Gasteiger partial charge is 0.417 e. The number of pyridine rings is 1. The Morgan fingerprint density at radius 2 is 2.04 bits per heavy atom. The molecule has 0 aliphatic rings. The van der Waals surface area contributed by atoms with Gasteiger partial charge in [0.25, 0.3) is 5.56 Å². The van der Waals surface area contributed by atoms with E-state index in [1.165, 1.54) is 19.1 Å². The summed E-state index contributed by atoms with van der Waals surface area (Å²) in [5, 5.41) is 11.2. The topological polar surface area (TPSA) is 97.1 Å². The van der Waals surface area contributed by atoms with Crippen molar-refractivity contribution in [3.63, 3.8) is 0 Å². The van der Waals surface area contributed by atoms with Crippen LogP contribution in [0.5, 0.6) is 0 Å². The maximum absolute atomic E-state index is 13.1. The number of nitrogens with zero attached hydrogens (tertiary/aromatic N) is 3. The molecule has 146 valence electrons. The van der Waals surface area contributed by atoms with Gasteiger partial charge < -0.3 is 10.4 Å². The zero-order chi connectivity index (χ0) is 20.6. The zero-order valence-electron chi connectivity index (χ0n) is 14.2. The van der Waals surface area contributed by atoms with Crippen LogP contribution in [-0.2, 0) is 6.18 Å². The average Bonchev–Trinajstić information content (AvgIpc) is 2.60. The van der Waals surface area contributed by atoms with Gasteiger partial charge in [0.2, 0.25) is 0 Å². The summed E-state index contributed by atoms with van der Waals surface area (Å²) in [4.78, 5) is 31.9. The van der Waals surface area contributed by atoms with Crippen molar-refractivity contribution in [3.05, 3.63) is 63.4 Å². The lowest BCUT2D eigenvalue weighted by Gasteiger charge is -2.19. The summed E-state index contributed by atoms with van der Waals surface area (Å²) in [5.74, 6) is -0.108. The number of aromatic nitrogens is 3. The van der Waals surface area contributed by atoms with Crippen LogP contribution in [0.1, 0.15) is 24.4 Å². The van der Waals surface area contributed by atoms with Gasteiger partial charge in [-0.2, -0.15) is 13.2 Å². The highest BCUT2D eigenvalue weighted by Crippen LogP contribution is 2.30. The fraction of sp³-hybridized carbons (Fsp3) is 0.176. The van der Waals surface area contributed by atoms with E-state index in [-0.39, 0.29) is 27.4 Å².